The largest absolute Gasteiger partial charge is 0.379 e. The molecule has 1 unspecified atom stereocenters. The van der Waals surface area contributed by atoms with E-state index in [2.05, 4.69) is 9.97 Å². The van der Waals surface area contributed by atoms with Crippen molar-refractivity contribution in [3.8, 4) is 0 Å². The lowest BCUT2D eigenvalue weighted by molar-refractivity contribution is -0.137. The summed E-state index contributed by atoms with van der Waals surface area (Å²) in [7, 11) is 0. The summed E-state index contributed by atoms with van der Waals surface area (Å²) in [6, 6.07) is 0. The fourth-order valence-electron chi connectivity index (χ4n) is 3.69. The molecule has 25 heavy (non-hydrogen) atoms. The van der Waals surface area contributed by atoms with Gasteiger partial charge in [0.15, 0.2) is 0 Å². The molecule has 2 N–H and O–H groups in total. The number of hydrogen-bond acceptors (Lipinski definition) is 5. The van der Waals surface area contributed by atoms with Crippen LogP contribution in [0.15, 0.2) is 12.4 Å². The minimum absolute atomic E-state index is 0.162. The Kier molecular flexibility index (Phi) is 5.96. The van der Waals surface area contributed by atoms with Crippen LogP contribution in [0.4, 0.5) is 0 Å². The smallest absolute Gasteiger partial charge is 0.268 e. The second kappa shape index (κ2) is 8.38. The maximum absolute atomic E-state index is 12.8. The van der Waals surface area contributed by atoms with E-state index in [1.807, 2.05) is 4.90 Å². The molecular formula is C18H26N4O3. The number of primary amides is 1. The van der Waals surface area contributed by atoms with Crippen molar-refractivity contribution in [2.45, 2.75) is 38.5 Å². The molecule has 7 heteroatoms. The minimum atomic E-state index is -0.582. The average Bonchev–Trinajstić information content (AvgIpc) is 2.88. The van der Waals surface area contributed by atoms with E-state index in [0.717, 1.165) is 31.4 Å². The van der Waals surface area contributed by atoms with E-state index < -0.39 is 5.91 Å². The van der Waals surface area contributed by atoms with Gasteiger partial charge in [-0.3, -0.25) is 14.6 Å². The van der Waals surface area contributed by atoms with Gasteiger partial charge in [-0.25, -0.2) is 4.98 Å². The van der Waals surface area contributed by atoms with Crippen molar-refractivity contribution in [1.29, 1.82) is 0 Å². The van der Waals surface area contributed by atoms with Gasteiger partial charge in [-0.1, -0.05) is 19.3 Å². The molecule has 1 saturated carbocycles. The lowest BCUT2D eigenvalue weighted by atomic mass is 9.88. The van der Waals surface area contributed by atoms with Gasteiger partial charge in [0.1, 0.15) is 5.69 Å². The molecule has 2 heterocycles. The molecule has 0 radical (unpaired) electrons. The van der Waals surface area contributed by atoms with Crippen molar-refractivity contribution in [3.05, 3.63) is 23.8 Å². The Bertz CT molecular complexity index is 599. The fraction of sp³-hybridized carbons (Fsp3) is 0.667. The molecule has 0 spiro atoms. The Morgan fingerprint density at radius 2 is 2.00 bits per heavy atom. The van der Waals surface area contributed by atoms with Crippen LogP contribution in [0, 0.1) is 11.8 Å². The summed E-state index contributed by atoms with van der Waals surface area (Å²) in [6.07, 6.45) is 9.24. The molecule has 1 aliphatic heterocycles. The molecule has 1 aromatic rings. The topological polar surface area (TPSA) is 98.4 Å². The van der Waals surface area contributed by atoms with Crippen molar-refractivity contribution in [2.75, 3.05) is 26.3 Å². The first-order valence-corrected chi connectivity index (χ1v) is 9.10. The predicted octanol–water partition coefficient (Wildman–Crippen LogP) is 1.17. The highest BCUT2D eigenvalue weighted by Crippen LogP contribution is 2.26. The first-order valence-electron chi connectivity index (χ1n) is 9.10. The highest BCUT2D eigenvalue weighted by molar-refractivity contribution is 5.90. The summed E-state index contributed by atoms with van der Waals surface area (Å²) in [4.78, 5) is 34.2. The number of nitrogens with zero attached hydrogens (tertiary/aromatic N) is 3. The Morgan fingerprint density at radius 3 is 2.68 bits per heavy atom. The average molecular weight is 346 g/mol. The van der Waals surface area contributed by atoms with Gasteiger partial charge < -0.3 is 15.4 Å². The zero-order valence-electron chi connectivity index (χ0n) is 14.5. The van der Waals surface area contributed by atoms with Gasteiger partial charge in [-0.15, -0.1) is 0 Å². The number of ether oxygens (including phenoxy) is 1. The van der Waals surface area contributed by atoms with Crippen LogP contribution in [-0.4, -0.2) is 53.0 Å². The SMILES string of the molecule is NC(=O)c1cnc(CC2COCCN(C(=O)C3CCCCC3)C2)cn1. The molecule has 1 atom stereocenters. The summed E-state index contributed by atoms with van der Waals surface area (Å²) in [5.41, 5.74) is 6.13. The Balaban J connectivity index is 1.61. The molecule has 2 aliphatic rings. The second-order valence-corrected chi connectivity index (χ2v) is 7.02. The number of hydrogen-bond donors (Lipinski definition) is 1. The van der Waals surface area contributed by atoms with Crippen LogP contribution in [0.2, 0.25) is 0 Å². The molecule has 2 fully saturated rings. The Hall–Kier alpha value is -2.02. The second-order valence-electron chi connectivity index (χ2n) is 7.02. The van der Waals surface area contributed by atoms with E-state index in [9.17, 15) is 9.59 Å². The summed E-state index contributed by atoms with van der Waals surface area (Å²) in [6.45, 7) is 2.54. The van der Waals surface area contributed by atoms with Gasteiger partial charge in [0.25, 0.3) is 5.91 Å². The molecule has 1 aromatic heterocycles. The summed E-state index contributed by atoms with van der Waals surface area (Å²) < 4.78 is 5.69. The first kappa shape index (κ1) is 17.8. The van der Waals surface area contributed by atoms with Crippen LogP contribution in [0.25, 0.3) is 0 Å². The van der Waals surface area contributed by atoms with Crippen molar-refractivity contribution >= 4 is 11.8 Å². The minimum Gasteiger partial charge on any atom is -0.379 e. The third kappa shape index (κ3) is 4.75. The molecule has 0 aromatic carbocycles. The summed E-state index contributed by atoms with van der Waals surface area (Å²) in [5.74, 6) is 0.0670. The number of carbonyl (C=O) groups is 2. The standard InChI is InChI=1S/C18H26N4O3/c19-17(23)16-10-20-15(9-21-16)8-13-11-22(6-7-25-12-13)18(24)14-4-2-1-3-5-14/h9-10,13-14H,1-8,11-12H2,(H2,19,23). The van der Waals surface area contributed by atoms with Crippen molar-refractivity contribution in [3.63, 3.8) is 0 Å². The van der Waals surface area contributed by atoms with Crippen LogP contribution in [-0.2, 0) is 16.0 Å². The normalized spacial score (nSPS) is 22.4. The number of amides is 2. The van der Waals surface area contributed by atoms with E-state index in [1.165, 1.54) is 12.6 Å². The highest BCUT2D eigenvalue weighted by atomic mass is 16.5. The molecule has 1 aliphatic carbocycles. The van der Waals surface area contributed by atoms with Gasteiger partial charge in [0, 0.05) is 31.1 Å². The van der Waals surface area contributed by atoms with Gasteiger partial charge in [0.2, 0.25) is 5.91 Å². The third-order valence-corrected chi connectivity index (χ3v) is 5.06. The van der Waals surface area contributed by atoms with Gasteiger partial charge in [0.05, 0.1) is 25.1 Å². The van der Waals surface area contributed by atoms with Crippen molar-refractivity contribution < 1.29 is 14.3 Å². The molecule has 7 nitrogen and oxygen atoms in total. The Morgan fingerprint density at radius 1 is 1.20 bits per heavy atom. The predicted molar refractivity (Wildman–Crippen MR) is 91.7 cm³/mol. The van der Waals surface area contributed by atoms with E-state index >= 15 is 0 Å². The molecule has 0 bridgehead atoms. The zero-order valence-corrected chi connectivity index (χ0v) is 14.5. The van der Waals surface area contributed by atoms with Crippen LogP contribution in [0.3, 0.4) is 0 Å². The monoisotopic (exact) mass is 346 g/mol. The summed E-state index contributed by atoms with van der Waals surface area (Å²) >= 11 is 0. The zero-order chi connectivity index (χ0) is 17.6. The van der Waals surface area contributed by atoms with E-state index in [1.54, 1.807) is 6.20 Å². The van der Waals surface area contributed by atoms with Crippen molar-refractivity contribution in [1.82, 2.24) is 14.9 Å². The Labute approximate surface area is 148 Å². The molecule has 3 rings (SSSR count). The van der Waals surface area contributed by atoms with Crippen LogP contribution in [0.1, 0.15) is 48.3 Å². The van der Waals surface area contributed by atoms with E-state index in [4.69, 9.17) is 10.5 Å². The van der Waals surface area contributed by atoms with Gasteiger partial charge >= 0.3 is 0 Å². The number of nitrogens with two attached hydrogens (primary N) is 1. The first-order chi connectivity index (χ1) is 12.1. The van der Waals surface area contributed by atoms with Crippen LogP contribution in [0.5, 0.6) is 0 Å². The molecule has 1 saturated heterocycles. The number of rotatable bonds is 4. The highest BCUT2D eigenvalue weighted by Gasteiger charge is 2.29. The van der Waals surface area contributed by atoms with Crippen molar-refractivity contribution in [2.24, 2.45) is 17.6 Å². The maximum Gasteiger partial charge on any atom is 0.268 e. The summed E-state index contributed by atoms with van der Waals surface area (Å²) in [5, 5.41) is 0. The van der Waals surface area contributed by atoms with E-state index in [0.29, 0.717) is 32.7 Å². The van der Waals surface area contributed by atoms with Crippen LogP contribution >= 0.6 is 0 Å². The molecular weight excluding hydrogens is 320 g/mol. The van der Waals surface area contributed by atoms with Gasteiger partial charge in [-0.05, 0) is 19.3 Å². The fourth-order valence-corrected chi connectivity index (χ4v) is 3.69. The van der Waals surface area contributed by atoms with E-state index in [-0.39, 0.29) is 23.4 Å². The number of carbonyl (C=O) groups excluding carboxylic acids is 2. The van der Waals surface area contributed by atoms with Crippen LogP contribution < -0.4 is 5.73 Å². The quantitative estimate of drug-likeness (QED) is 0.882. The molecule has 2 amide bonds. The van der Waals surface area contributed by atoms with Gasteiger partial charge in [-0.2, -0.15) is 0 Å². The molecule has 136 valence electrons. The lowest BCUT2D eigenvalue weighted by Crippen LogP contribution is -2.40. The lowest BCUT2D eigenvalue weighted by Gasteiger charge is -2.29. The third-order valence-electron chi connectivity index (χ3n) is 5.06. The number of aromatic nitrogens is 2. The maximum atomic E-state index is 12.8.